The van der Waals surface area contributed by atoms with E-state index in [-0.39, 0.29) is 6.10 Å². The minimum atomic E-state index is 0.136. The van der Waals surface area contributed by atoms with Crippen LogP contribution in [-0.4, -0.2) is 66.3 Å². The molecule has 1 N–H and O–H groups in total. The van der Waals surface area contributed by atoms with Crippen molar-refractivity contribution in [2.24, 2.45) is 0 Å². The molecule has 21 heavy (non-hydrogen) atoms. The van der Waals surface area contributed by atoms with Crippen molar-refractivity contribution < 1.29 is 4.74 Å². The summed E-state index contributed by atoms with van der Waals surface area (Å²) in [7, 11) is 0. The van der Waals surface area contributed by atoms with Crippen LogP contribution in [0.15, 0.2) is 6.07 Å². The normalized spacial score (nSPS) is 20.7. The third kappa shape index (κ3) is 3.44. The van der Waals surface area contributed by atoms with Gasteiger partial charge in [-0.3, -0.25) is 4.90 Å². The molecule has 2 aliphatic rings. The number of aryl methyl sites for hydroxylation is 1. The highest BCUT2D eigenvalue weighted by Crippen LogP contribution is 2.23. The number of piperazine rings is 1. The van der Waals surface area contributed by atoms with Crippen molar-refractivity contribution >= 4 is 5.95 Å². The van der Waals surface area contributed by atoms with Crippen molar-refractivity contribution in [1.29, 1.82) is 0 Å². The highest BCUT2D eigenvalue weighted by Gasteiger charge is 2.34. The summed E-state index contributed by atoms with van der Waals surface area (Å²) in [5.41, 5.74) is 0.960. The standard InChI is InChI=1S/C15H25N5O/c1-11(2)21-14-8-12(3)17-15(18-14)20-9-13(10-20)19-6-4-16-5-7-19/h8,11,13,16H,4-7,9-10H2,1-3H3. The Hall–Kier alpha value is -1.40. The predicted molar refractivity (Wildman–Crippen MR) is 83.0 cm³/mol. The molecule has 0 spiro atoms. The maximum atomic E-state index is 5.70. The molecule has 116 valence electrons. The molecule has 2 aliphatic heterocycles. The predicted octanol–water partition coefficient (Wildman–Crippen LogP) is 0.666. The summed E-state index contributed by atoms with van der Waals surface area (Å²) >= 11 is 0. The summed E-state index contributed by atoms with van der Waals surface area (Å²) in [6.07, 6.45) is 0.136. The monoisotopic (exact) mass is 291 g/mol. The number of nitrogens with zero attached hydrogens (tertiary/aromatic N) is 4. The van der Waals surface area contributed by atoms with Gasteiger partial charge in [0.05, 0.1) is 6.10 Å². The van der Waals surface area contributed by atoms with E-state index in [1.165, 1.54) is 0 Å². The zero-order valence-electron chi connectivity index (χ0n) is 13.2. The smallest absolute Gasteiger partial charge is 0.228 e. The fourth-order valence-electron chi connectivity index (χ4n) is 2.86. The van der Waals surface area contributed by atoms with E-state index in [2.05, 4.69) is 25.1 Å². The van der Waals surface area contributed by atoms with E-state index in [0.29, 0.717) is 11.9 Å². The number of anilines is 1. The lowest BCUT2D eigenvalue weighted by Gasteiger charge is -2.46. The molecule has 0 bridgehead atoms. The Kier molecular flexibility index (Phi) is 4.26. The number of nitrogens with one attached hydrogen (secondary N) is 1. The lowest BCUT2D eigenvalue weighted by atomic mass is 10.1. The largest absolute Gasteiger partial charge is 0.475 e. The SMILES string of the molecule is Cc1cc(OC(C)C)nc(N2CC(N3CCNCC3)C2)n1. The lowest BCUT2D eigenvalue weighted by Crippen LogP contribution is -2.63. The van der Waals surface area contributed by atoms with Gasteiger partial charge in [-0.1, -0.05) is 0 Å². The van der Waals surface area contributed by atoms with Crippen LogP contribution in [0.3, 0.4) is 0 Å². The van der Waals surface area contributed by atoms with Crippen LogP contribution in [-0.2, 0) is 0 Å². The molecular formula is C15H25N5O. The minimum absolute atomic E-state index is 0.136. The van der Waals surface area contributed by atoms with Crippen LogP contribution in [0.1, 0.15) is 19.5 Å². The van der Waals surface area contributed by atoms with E-state index in [4.69, 9.17) is 4.74 Å². The molecule has 1 aromatic heterocycles. The van der Waals surface area contributed by atoms with Crippen molar-refractivity contribution in [3.05, 3.63) is 11.8 Å². The second-order valence-electron chi connectivity index (χ2n) is 6.16. The fourth-order valence-corrected chi connectivity index (χ4v) is 2.86. The van der Waals surface area contributed by atoms with Crippen molar-refractivity contribution in [1.82, 2.24) is 20.2 Å². The van der Waals surface area contributed by atoms with Gasteiger partial charge in [0.1, 0.15) is 0 Å². The third-order valence-electron chi connectivity index (χ3n) is 3.99. The van der Waals surface area contributed by atoms with Crippen LogP contribution in [0.4, 0.5) is 5.95 Å². The Balaban J connectivity index is 1.61. The van der Waals surface area contributed by atoms with E-state index in [0.717, 1.165) is 50.9 Å². The second kappa shape index (κ2) is 6.15. The Bertz CT molecular complexity index is 481. The van der Waals surface area contributed by atoms with Crippen LogP contribution in [0.5, 0.6) is 5.88 Å². The Morgan fingerprint density at radius 3 is 2.62 bits per heavy atom. The average Bonchev–Trinajstić information content (AvgIpc) is 2.36. The fraction of sp³-hybridized carbons (Fsp3) is 0.733. The van der Waals surface area contributed by atoms with E-state index in [9.17, 15) is 0 Å². The molecule has 2 fully saturated rings. The first-order chi connectivity index (χ1) is 10.1. The topological polar surface area (TPSA) is 53.5 Å². The van der Waals surface area contributed by atoms with E-state index < -0.39 is 0 Å². The first kappa shape index (κ1) is 14.5. The van der Waals surface area contributed by atoms with Crippen LogP contribution in [0.2, 0.25) is 0 Å². The van der Waals surface area contributed by atoms with Gasteiger partial charge in [0.25, 0.3) is 0 Å². The van der Waals surface area contributed by atoms with E-state index in [1.807, 2.05) is 26.8 Å². The minimum Gasteiger partial charge on any atom is -0.475 e. The molecule has 6 heteroatoms. The van der Waals surface area contributed by atoms with Crippen molar-refractivity contribution in [2.75, 3.05) is 44.2 Å². The Morgan fingerprint density at radius 2 is 1.95 bits per heavy atom. The first-order valence-corrected chi connectivity index (χ1v) is 7.84. The number of ether oxygens (including phenoxy) is 1. The van der Waals surface area contributed by atoms with Gasteiger partial charge in [0.15, 0.2) is 0 Å². The molecule has 0 unspecified atom stereocenters. The van der Waals surface area contributed by atoms with Gasteiger partial charge in [-0.05, 0) is 20.8 Å². The Labute approximate surface area is 126 Å². The summed E-state index contributed by atoms with van der Waals surface area (Å²) in [6.45, 7) is 12.6. The van der Waals surface area contributed by atoms with Gasteiger partial charge >= 0.3 is 0 Å². The van der Waals surface area contributed by atoms with Crippen LogP contribution < -0.4 is 15.0 Å². The first-order valence-electron chi connectivity index (χ1n) is 7.84. The molecule has 2 saturated heterocycles. The molecule has 3 heterocycles. The van der Waals surface area contributed by atoms with Gasteiger partial charge in [0, 0.05) is 57.1 Å². The van der Waals surface area contributed by atoms with Crippen LogP contribution in [0, 0.1) is 6.92 Å². The maximum absolute atomic E-state index is 5.70. The number of aromatic nitrogens is 2. The molecule has 0 saturated carbocycles. The second-order valence-corrected chi connectivity index (χ2v) is 6.16. The van der Waals surface area contributed by atoms with Gasteiger partial charge < -0.3 is 15.0 Å². The Morgan fingerprint density at radius 1 is 1.24 bits per heavy atom. The summed E-state index contributed by atoms with van der Waals surface area (Å²) in [4.78, 5) is 13.9. The molecule has 6 nitrogen and oxygen atoms in total. The van der Waals surface area contributed by atoms with Crippen molar-refractivity contribution in [3.8, 4) is 5.88 Å². The summed E-state index contributed by atoms with van der Waals surface area (Å²) in [5.74, 6) is 1.48. The average molecular weight is 291 g/mol. The highest BCUT2D eigenvalue weighted by atomic mass is 16.5. The zero-order valence-corrected chi connectivity index (χ0v) is 13.2. The van der Waals surface area contributed by atoms with Crippen LogP contribution >= 0.6 is 0 Å². The van der Waals surface area contributed by atoms with Gasteiger partial charge in [0.2, 0.25) is 11.8 Å². The van der Waals surface area contributed by atoms with Gasteiger partial charge in [-0.2, -0.15) is 4.98 Å². The molecule has 0 aliphatic carbocycles. The summed E-state index contributed by atoms with van der Waals surface area (Å²) in [6, 6.07) is 2.54. The molecule has 0 radical (unpaired) electrons. The molecule has 0 aromatic carbocycles. The van der Waals surface area contributed by atoms with Gasteiger partial charge in [-0.25, -0.2) is 4.98 Å². The highest BCUT2D eigenvalue weighted by molar-refractivity contribution is 5.38. The third-order valence-corrected chi connectivity index (χ3v) is 3.99. The van der Waals surface area contributed by atoms with Crippen molar-refractivity contribution in [2.45, 2.75) is 32.9 Å². The quantitative estimate of drug-likeness (QED) is 0.880. The van der Waals surface area contributed by atoms with Crippen molar-refractivity contribution in [3.63, 3.8) is 0 Å². The van der Waals surface area contributed by atoms with E-state index in [1.54, 1.807) is 0 Å². The lowest BCUT2D eigenvalue weighted by molar-refractivity contribution is 0.146. The maximum Gasteiger partial charge on any atom is 0.228 e. The number of hydrogen-bond acceptors (Lipinski definition) is 6. The molecule has 0 atom stereocenters. The number of hydrogen-bond donors (Lipinski definition) is 1. The molecule has 1 aromatic rings. The van der Waals surface area contributed by atoms with Crippen LogP contribution in [0.25, 0.3) is 0 Å². The molecular weight excluding hydrogens is 266 g/mol. The van der Waals surface area contributed by atoms with Gasteiger partial charge in [-0.15, -0.1) is 0 Å². The zero-order chi connectivity index (χ0) is 14.8. The number of rotatable bonds is 4. The van der Waals surface area contributed by atoms with E-state index >= 15 is 0 Å². The summed E-state index contributed by atoms with van der Waals surface area (Å²) in [5, 5.41) is 3.40. The summed E-state index contributed by atoms with van der Waals surface area (Å²) < 4.78 is 5.70. The molecule has 0 amide bonds. The molecule has 3 rings (SSSR count).